The summed E-state index contributed by atoms with van der Waals surface area (Å²) in [6, 6.07) is 23.0. The molecule has 0 unspecified atom stereocenters. The van der Waals surface area contributed by atoms with Gasteiger partial charge in [0.05, 0.1) is 24.2 Å². The van der Waals surface area contributed by atoms with Crippen LogP contribution in [-0.2, 0) is 0 Å². The van der Waals surface area contributed by atoms with Gasteiger partial charge in [0.2, 0.25) is 0 Å². The predicted octanol–water partition coefficient (Wildman–Crippen LogP) is 5.30. The lowest BCUT2D eigenvalue weighted by molar-refractivity contribution is 0.0737. The Hall–Kier alpha value is -3.84. The summed E-state index contributed by atoms with van der Waals surface area (Å²) in [7, 11) is 1.66. The normalized spacial score (nSPS) is 13.7. The topological polar surface area (TPSA) is 50.6 Å². The fraction of sp³-hybridized carbons (Fsp3) is 0.185. The molecule has 1 saturated heterocycles. The molecule has 0 bridgehead atoms. The Morgan fingerprint density at radius 2 is 1.69 bits per heavy atom. The van der Waals surface area contributed by atoms with Gasteiger partial charge in [-0.3, -0.25) is 4.79 Å². The lowest BCUT2D eigenvalue weighted by Crippen LogP contribution is -2.49. The molecular weight excluding hydrogens is 467 g/mol. The number of para-hydroxylation sites is 2. The van der Waals surface area contributed by atoms with Crippen LogP contribution < -0.4 is 9.64 Å². The molecule has 2 heterocycles. The van der Waals surface area contributed by atoms with Gasteiger partial charge in [0, 0.05) is 36.8 Å². The van der Waals surface area contributed by atoms with E-state index in [1.165, 1.54) is 6.07 Å². The summed E-state index contributed by atoms with van der Waals surface area (Å²) in [6.07, 6.45) is 0. The molecular formula is C27H24ClFN4O2. The number of halogens is 2. The lowest BCUT2D eigenvalue weighted by Gasteiger charge is -2.36. The highest BCUT2D eigenvalue weighted by molar-refractivity contribution is 6.30. The van der Waals surface area contributed by atoms with Crippen LogP contribution in [0.4, 0.5) is 10.1 Å². The maximum atomic E-state index is 14.5. The van der Waals surface area contributed by atoms with Gasteiger partial charge in [-0.25, -0.2) is 9.07 Å². The zero-order valence-electron chi connectivity index (χ0n) is 19.2. The number of aromatic nitrogens is 2. The quantitative estimate of drug-likeness (QED) is 0.381. The first-order chi connectivity index (χ1) is 17.0. The van der Waals surface area contributed by atoms with E-state index in [-0.39, 0.29) is 5.91 Å². The Morgan fingerprint density at radius 1 is 0.943 bits per heavy atom. The zero-order chi connectivity index (χ0) is 24.4. The maximum Gasteiger partial charge on any atom is 0.272 e. The molecule has 178 valence electrons. The summed E-state index contributed by atoms with van der Waals surface area (Å²) in [6.45, 7) is 2.40. The van der Waals surface area contributed by atoms with Crippen molar-refractivity contribution in [2.24, 2.45) is 0 Å². The molecule has 6 nitrogen and oxygen atoms in total. The second-order valence-electron chi connectivity index (χ2n) is 8.24. The molecule has 1 aliphatic rings. The van der Waals surface area contributed by atoms with Crippen molar-refractivity contribution in [2.75, 3.05) is 38.2 Å². The molecule has 0 radical (unpaired) electrons. The van der Waals surface area contributed by atoms with Crippen molar-refractivity contribution in [3.63, 3.8) is 0 Å². The number of piperazine rings is 1. The molecule has 1 fully saturated rings. The number of benzene rings is 3. The van der Waals surface area contributed by atoms with Crippen molar-refractivity contribution in [1.82, 2.24) is 14.7 Å². The third-order valence-corrected chi connectivity index (χ3v) is 6.36. The number of anilines is 1. The number of nitrogens with zero attached hydrogens (tertiary/aromatic N) is 4. The van der Waals surface area contributed by atoms with Crippen LogP contribution in [0.1, 0.15) is 10.5 Å². The first kappa shape index (κ1) is 22.9. The molecule has 0 spiro atoms. The van der Waals surface area contributed by atoms with Gasteiger partial charge in [0.1, 0.15) is 17.3 Å². The number of hydrogen-bond donors (Lipinski definition) is 0. The molecule has 35 heavy (non-hydrogen) atoms. The van der Waals surface area contributed by atoms with E-state index in [0.717, 1.165) is 11.4 Å². The minimum Gasteiger partial charge on any atom is -0.495 e. The number of methoxy groups -OCH3 is 1. The maximum absolute atomic E-state index is 14.5. The Bertz CT molecular complexity index is 1360. The van der Waals surface area contributed by atoms with Crippen molar-refractivity contribution < 1.29 is 13.9 Å². The number of carbonyl (C=O) groups is 1. The van der Waals surface area contributed by atoms with Crippen LogP contribution in [0.5, 0.6) is 5.75 Å². The number of amides is 1. The largest absolute Gasteiger partial charge is 0.495 e. The fourth-order valence-corrected chi connectivity index (χ4v) is 4.53. The van der Waals surface area contributed by atoms with Crippen LogP contribution in [0.2, 0.25) is 5.02 Å². The van der Waals surface area contributed by atoms with Crippen LogP contribution in [0.3, 0.4) is 0 Å². The molecule has 0 N–H and O–H groups in total. The highest BCUT2D eigenvalue weighted by Gasteiger charge is 2.27. The van der Waals surface area contributed by atoms with Gasteiger partial charge in [-0.2, -0.15) is 5.10 Å². The summed E-state index contributed by atoms with van der Waals surface area (Å²) in [5, 5.41) is 5.12. The van der Waals surface area contributed by atoms with Gasteiger partial charge < -0.3 is 14.5 Å². The zero-order valence-corrected chi connectivity index (χ0v) is 20.0. The van der Waals surface area contributed by atoms with Crippen molar-refractivity contribution >= 4 is 23.2 Å². The van der Waals surface area contributed by atoms with E-state index in [9.17, 15) is 9.18 Å². The lowest BCUT2D eigenvalue weighted by atomic mass is 10.1. The second-order valence-corrected chi connectivity index (χ2v) is 8.67. The third-order valence-electron chi connectivity index (χ3n) is 6.12. The van der Waals surface area contributed by atoms with Crippen LogP contribution in [0.25, 0.3) is 16.9 Å². The fourth-order valence-electron chi connectivity index (χ4n) is 4.34. The summed E-state index contributed by atoms with van der Waals surface area (Å²) in [5.74, 6) is 0.244. The van der Waals surface area contributed by atoms with E-state index in [2.05, 4.69) is 10.00 Å². The Kier molecular flexibility index (Phi) is 6.42. The Balaban J connectivity index is 1.45. The SMILES string of the molecule is COc1ccccc1N1CCN(C(=O)c2cc(-c3ccccc3F)nn2-c2cccc(Cl)c2)CC1. The highest BCUT2D eigenvalue weighted by Crippen LogP contribution is 2.29. The van der Waals surface area contributed by atoms with Crippen LogP contribution in [-0.4, -0.2) is 53.9 Å². The molecule has 1 aromatic heterocycles. The van der Waals surface area contributed by atoms with Crippen molar-refractivity contribution in [3.8, 4) is 22.7 Å². The molecule has 1 aliphatic heterocycles. The van der Waals surface area contributed by atoms with E-state index < -0.39 is 5.82 Å². The van der Waals surface area contributed by atoms with Crippen molar-refractivity contribution in [3.05, 3.63) is 95.4 Å². The summed E-state index contributed by atoms with van der Waals surface area (Å²) in [5.41, 5.74) is 2.72. The van der Waals surface area contributed by atoms with Gasteiger partial charge in [-0.05, 0) is 48.5 Å². The molecule has 8 heteroatoms. The van der Waals surface area contributed by atoms with Gasteiger partial charge in [-0.15, -0.1) is 0 Å². The molecule has 4 aromatic rings. The molecule has 3 aromatic carbocycles. The first-order valence-electron chi connectivity index (χ1n) is 11.3. The average molecular weight is 491 g/mol. The molecule has 0 atom stereocenters. The van der Waals surface area contributed by atoms with Crippen LogP contribution in [0.15, 0.2) is 78.9 Å². The van der Waals surface area contributed by atoms with E-state index in [4.69, 9.17) is 16.3 Å². The van der Waals surface area contributed by atoms with Gasteiger partial charge in [0.15, 0.2) is 0 Å². The van der Waals surface area contributed by atoms with Gasteiger partial charge in [-0.1, -0.05) is 41.9 Å². The summed E-state index contributed by atoms with van der Waals surface area (Å²) >= 11 is 6.21. The molecule has 0 aliphatic carbocycles. The third kappa shape index (κ3) is 4.59. The Morgan fingerprint density at radius 3 is 2.43 bits per heavy atom. The van der Waals surface area contributed by atoms with Crippen LogP contribution in [0, 0.1) is 5.82 Å². The van der Waals surface area contributed by atoms with Gasteiger partial charge >= 0.3 is 0 Å². The van der Waals surface area contributed by atoms with Crippen molar-refractivity contribution in [1.29, 1.82) is 0 Å². The van der Waals surface area contributed by atoms with E-state index in [1.54, 1.807) is 59.2 Å². The van der Waals surface area contributed by atoms with E-state index in [0.29, 0.717) is 53.8 Å². The summed E-state index contributed by atoms with van der Waals surface area (Å²) in [4.78, 5) is 17.7. The van der Waals surface area contributed by atoms with E-state index >= 15 is 0 Å². The highest BCUT2D eigenvalue weighted by atomic mass is 35.5. The number of rotatable bonds is 5. The Labute approximate surface area is 208 Å². The average Bonchev–Trinajstić information content (AvgIpc) is 3.34. The second kappa shape index (κ2) is 9.80. The number of hydrogen-bond acceptors (Lipinski definition) is 4. The number of carbonyl (C=O) groups excluding carboxylic acids is 1. The van der Waals surface area contributed by atoms with Crippen LogP contribution >= 0.6 is 11.6 Å². The number of ether oxygens (including phenoxy) is 1. The van der Waals surface area contributed by atoms with Gasteiger partial charge in [0.25, 0.3) is 5.91 Å². The molecule has 5 rings (SSSR count). The smallest absolute Gasteiger partial charge is 0.272 e. The standard InChI is InChI=1S/C27H24ClFN4O2/c1-35-26-12-5-4-11-24(26)31-13-15-32(16-14-31)27(34)25-18-23(21-9-2-3-10-22(21)29)30-33(25)20-8-6-7-19(28)17-20/h2-12,17-18H,13-16H2,1H3. The molecule has 1 amide bonds. The molecule has 0 saturated carbocycles. The minimum atomic E-state index is -0.396. The van der Waals surface area contributed by atoms with E-state index in [1.807, 2.05) is 30.3 Å². The monoisotopic (exact) mass is 490 g/mol. The minimum absolute atomic E-state index is 0.167. The first-order valence-corrected chi connectivity index (χ1v) is 11.7. The van der Waals surface area contributed by atoms with Crippen molar-refractivity contribution in [2.45, 2.75) is 0 Å². The summed E-state index contributed by atoms with van der Waals surface area (Å²) < 4.78 is 21.6. The predicted molar refractivity (Wildman–Crippen MR) is 135 cm³/mol.